The zero-order valence-electron chi connectivity index (χ0n) is 11.9. The van der Waals surface area contributed by atoms with Gasteiger partial charge in [-0.15, -0.1) is 0 Å². The molecule has 2 saturated carbocycles. The topological polar surface area (TPSA) is 30.5 Å². The fraction of sp³-hybridized carbons (Fsp3) is 1.00. The smallest absolute Gasteiger partial charge is 0.0807 e. The molecule has 0 saturated heterocycles. The molecule has 3 heteroatoms. The summed E-state index contributed by atoms with van der Waals surface area (Å²) >= 11 is 0. The van der Waals surface area contributed by atoms with Gasteiger partial charge in [-0.3, -0.25) is 0 Å². The molecule has 0 aliphatic heterocycles. The van der Waals surface area contributed by atoms with E-state index in [2.05, 4.69) is 12.2 Å². The minimum atomic E-state index is 0.108. The lowest BCUT2D eigenvalue weighted by Crippen LogP contribution is -2.46. The second-order valence-corrected chi connectivity index (χ2v) is 5.86. The molecule has 0 amide bonds. The number of hydrogen-bond acceptors (Lipinski definition) is 3. The molecule has 0 aromatic rings. The highest BCUT2D eigenvalue weighted by Gasteiger charge is 2.34. The molecule has 0 aromatic carbocycles. The number of rotatable bonds is 9. The molecule has 0 heterocycles. The molecule has 0 atom stereocenters. The normalized spacial score (nSPS) is 23.2. The van der Waals surface area contributed by atoms with E-state index < -0.39 is 0 Å². The van der Waals surface area contributed by atoms with Crippen molar-refractivity contribution in [1.29, 1.82) is 0 Å². The molecule has 0 aromatic heterocycles. The SMILES string of the molecule is CCCOCCOC1(CNC2CC2)CCCCC1. The maximum Gasteiger partial charge on any atom is 0.0807 e. The Balaban J connectivity index is 1.68. The van der Waals surface area contributed by atoms with Crippen molar-refractivity contribution in [3.63, 3.8) is 0 Å². The summed E-state index contributed by atoms with van der Waals surface area (Å²) in [5.74, 6) is 0. The third kappa shape index (κ3) is 4.87. The van der Waals surface area contributed by atoms with Crippen molar-refractivity contribution in [3.05, 3.63) is 0 Å². The largest absolute Gasteiger partial charge is 0.379 e. The zero-order chi connectivity index (χ0) is 12.7. The van der Waals surface area contributed by atoms with Crippen LogP contribution < -0.4 is 5.32 Å². The van der Waals surface area contributed by atoms with Crippen molar-refractivity contribution < 1.29 is 9.47 Å². The van der Waals surface area contributed by atoms with Crippen LogP contribution in [0, 0.1) is 0 Å². The summed E-state index contributed by atoms with van der Waals surface area (Å²) in [6, 6.07) is 0.781. The van der Waals surface area contributed by atoms with Crippen molar-refractivity contribution in [2.45, 2.75) is 69.9 Å². The van der Waals surface area contributed by atoms with Crippen molar-refractivity contribution >= 4 is 0 Å². The van der Waals surface area contributed by atoms with Crippen molar-refractivity contribution in [2.75, 3.05) is 26.4 Å². The van der Waals surface area contributed by atoms with E-state index in [0.29, 0.717) is 0 Å². The van der Waals surface area contributed by atoms with Crippen molar-refractivity contribution in [2.24, 2.45) is 0 Å². The molecule has 0 bridgehead atoms. The summed E-state index contributed by atoms with van der Waals surface area (Å²) in [4.78, 5) is 0. The Hall–Kier alpha value is -0.120. The highest BCUT2D eigenvalue weighted by Crippen LogP contribution is 2.32. The highest BCUT2D eigenvalue weighted by atomic mass is 16.5. The molecule has 18 heavy (non-hydrogen) atoms. The quantitative estimate of drug-likeness (QED) is 0.643. The second kappa shape index (κ2) is 7.46. The molecule has 3 nitrogen and oxygen atoms in total. The Morgan fingerprint density at radius 1 is 1.06 bits per heavy atom. The van der Waals surface area contributed by atoms with E-state index in [-0.39, 0.29) is 5.60 Å². The predicted molar refractivity (Wildman–Crippen MR) is 73.9 cm³/mol. The Kier molecular flexibility index (Phi) is 5.93. The van der Waals surface area contributed by atoms with Crippen LogP contribution in [0.15, 0.2) is 0 Å². The van der Waals surface area contributed by atoms with E-state index in [0.717, 1.165) is 38.8 Å². The molecule has 2 aliphatic carbocycles. The first-order chi connectivity index (χ1) is 8.85. The molecule has 0 unspecified atom stereocenters. The minimum Gasteiger partial charge on any atom is -0.379 e. The van der Waals surface area contributed by atoms with Gasteiger partial charge in [0.05, 0.1) is 18.8 Å². The van der Waals surface area contributed by atoms with Crippen LogP contribution in [0.25, 0.3) is 0 Å². The number of hydrogen-bond donors (Lipinski definition) is 1. The first-order valence-corrected chi connectivity index (χ1v) is 7.80. The summed E-state index contributed by atoms with van der Waals surface area (Å²) in [6.45, 7) is 5.55. The summed E-state index contributed by atoms with van der Waals surface area (Å²) in [6.07, 6.45) is 10.3. The van der Waals surface area contributed by atoms with E-state index in [1.54, 1.807) is 0 Å². The lowest BCUT2D eigenvalue weighted by Gasteiger charge is -2.37. The fourth-order valence-electron chi connectivity index (χ4n) is 2.75. The minimum absolute atomic E-state index is 0.108. The van der Waals surface area contributed by atoms with Gasteiger partial charge in [0, 0.05) is 19.2 Å². The van der Waals surface area contributed by atoms with Gasteiger partial charge in [-0.05, 0) is 32.1 Å². The van der Waals surface area contributed by atoms with E-state index in [4.69, 9.17) is 9.47 Å². The van der Waals surface area contributed by atoms with Crippen LogP contribution in [-0.2, 0) is 9.47 Å². The molecule has 2 rings (SSSR count). The lowest BCUT2D eigenvalue weighted by molar-refractivity contribution is -0.0862. The van der Waals surface area contributed by atoms with Gasteiger partial charge in [0.25, 0.3) is 0 Å². The average molecular weight is 255 g/mol. The summed E-state index contributed by atoms with van der Waals surface area (Å²) < 4.78 is 11.7. The van der Waals surface area contributed by atoms with E-state index in [1.165, 1.54) is 44.9 Å². The Labute approximate surface area is 112 Å². The molecular formula is C15H29NO2. The van der Waals surface area contributed by atoms with Gasteiger partial charge in [-0.25, -0.2) is 0 Å². The molecular weight excluding hydrogens is 226 g/mol. The van der Waals surface area contributed by atoms with Crippen LogP contribution in [0.4, 0.5) is 0 Å². The van der Waals surface area contributed by atoms with Gasteiger partial charge in [0.15, 0.2) is 0 Å². The summed E-state index contributed by atoms with van der Waals surface area (Å²) in [5.41, 5.74) is 0.108. The van der Waals surface area contributed by atoms with Crippen LogP contribution in [-0.4, -0.2) is 38.0 Å². The molecule has 2 aliphatic rings. The maximum absolute atomic E-state index is 6.21. The first kappa shape index (κ1) is 14.3. The van der Waals surface area contributed by atoms with E-state index >= 15 is 0 Å². The monoisotopic (exact) mass is 255 g/mol. The lowest BCUT2D eigenvalue weighted by atomic mass is 9.84. The first-order valence-electron chi connectivity index (χ1n) is 7.80. The zero-order valence-corrected chi connectivity index (χ0v) is 11.9. The van der Waals surface area contributed by atoms with Crippen LogP contribution in [0.2, 0.25) is 0 Å². The predicted octanol–water partition coefficient (Wildman–Crippen LogP) is 2.88. The van der Waals surface area contributed by atoms with Crippen LogP contribution in [0.3, 0.4) is 0 Å². The van der Waals surface area contributed by atoms with E-state index in [9.17, 15) is 0 Å². The fourth-order valence-corrected chi connectivity index (χ4v) is 2.75. The third-order valence-corrected chi connectivity index (χ3v) is 4.04. The van der Waals surface area contributed by atoms with Crippen molar-refractivity contribution in [1.82, 2.24) is 5.32 Å². The second-order valence-electron chi connectivity index (χ2n) is 5.86. The molecule has 106 valence electrons. The van der Waals surface area contributed by atoms with Crippen LogP contribution in [0.1, 0.15) is 58.3 Å². The standard InChI is InChI=1S/C15H29NO2/c1-2-10-17-11-12-18-15(8-4-3-5-9-15)13-16-14-6-7-14/h14,16H,2-13H2,1H3. The number of nitrogens with one attached hydrogen (secondary N) is 1. The van der Waals surface area contributed by atoms with Crippen molar-refractivity contribution in [3.8, 4) is 0 Å². The third-order valence-electron chi connectivity index (χ3n) is 4.04. The Bertz CT molecular complexity index is 223. The Morgan fingerprint density at radius 3 is 2.50 bits per heavy atom. The highest BCUT2D eigenvalue weighted by molar-refractivity contribution is 4.91. The van der Waals surface area contributed by atoms with Gasteiger partial charge < -0.3 is 14.8 Å². The van der Waals surface area contributed by atoms with Gasteiger partial charge in [-0.2, -0.15) is 0 Å². The van der Waals surface area contributed by atoms with Crippen LogP contribution in [0.5, 0.6) is 0 Å². The Morgan fingerprint density at radius 2 is 1.83 bits per heavy atom. The molecule has 1 N–H and O–H groups in total. The average Bonchev–Trinajstić information content (AvgIpc) is 3.22. The molecule has 0 spiro atoms. The van der Waals surface area contributed by atoms with Gasteiger partial charge >= 0.3 is 0 Å². The number of ether oxygens (including phenoxy) is 2. The summed E-state index contributed by atoms with van der Waals surface area (Å²) in [5, 5.41) is 3.65. The molecule has 0 radical (unpaired) electrons. The van der Waals surface area contributed by atoms with Gasteiger partial charge in [-0.1, -0.05) is 26.2 Å². The molecule has 2 fully saturated rings. The van der Waals surface area contributed by atoms with Crippen LogP contribution >= 0.6 is 0 Å². The maximum atomic E-state index is 6.21. The van der Waals surface area contributed by atoms with Gasteiger partial charge in [0.1, 0.15) is 0 Å². The summed E-state index contributed by atoms with van der Waals surface area (Å²) in [7, 11) is 0. The van der Waals surface area contributed by atoms with Gasteiger partial charge in [0.2, 0.25) is 0 Å². The van der Waals surface area contributed by atoms with E-state index in [1.807, 2.05) is 0 Å².